The van der Waals surface area contributed by atoms with Crippen LogP contribution in [-0.4, -0.2) is 55.1 Å². The normalized spacial score (nSPS) is 15.8. The maximum absolute atomic E-state index is 14.9. The number of nitrogens with zero attached hydrogens (tertiary/aromatic N) is 2. The zero-order valence-corrected chi connectivity index (χ0v) is 23.5. The number of carbonyl (C=O) groups is 2. The van der Waals surface area contributed by atoms with Crippen LogP contribution < -0.4 is 10.5 Å². The Bertz CT molecular complexity index is 1710. The number of carbonyl (C=O) groups excluding carboxylic acids is 2. The van der Waals surface area contributed by atoms with Gasteiger partial charge in [0.2, 0.25) is 15.9 Å². The summed E-state index contributed by atoms with van der Waals surface area (Å²) in [7, 11) is -4.60. The fraction of sp³-hybridized carbons (Fsp3) is 0.133. The molecule has 216 valence electrons. The van der Waals surface area contributed by atoms with E-state index in [-0.39, 0.29) is 25.4 Å². The molecular formula is C30H24ClF2N3O5S. The van der Waals surface area contributed by atoms with Gasteiger partial charge in [0.15, 0.2) is 17.4 Å². The summed E-state index contributed by atoms with van der Waals surface area (Å²) < 4.78 is 62.7. The number of sulfonamides is 1. The Morgan fingerprint density at radius 1 is 0.857 bits per heavy atom. The Labute approximate surface area is 245 Å². The Hall–Kier alpha value is -4.32. The van der Waals surface area contributed by atoms with Gasteiger partial charge in [-0.2, -0.15) is 4.31 Å². The summed E-state index contributed by atoms with van der Waals surface area (Å²) in [4.78, 5) is 26.2. The number of halogens is 3. The average Bonchev–Trinajstić information content (AvgIpc) is 2.99. The molecule has 2 N–H and O–H groups in total. The number of nitrogens with two attached hydrogens (primary N) is 1. The third-order valence-electron chi connectivity index (χ3n) is 6.80. The van der Waals surface area contributed by atoms with E-state index in [1.807, 2.05) is 30.3 Å². The van der Waals surface area contributed by atoms with E-state index in [1.54, 1.807) is 24.3 Å². The van der Waals surface area contributed by atoms with Crippen molar-refractivity contribution in [3.05, 3.63) is 113 Å². The number of hydrogen-bond donors (Lipinski definition) is 1. The Morgan fingerprint density at radius 3 is 2.05 bits per heavy atom. The highest BCUT2D eigenvalue weighted by atomic mass is 35.5. The van der Waals surface area contributed by atoms with Gasteiger partial charge in [-0.15, -0.1) is 0 Å². The van der Waals surface area contributed by atoms with Gasteiger partial charge in [-0.05, 0) is 59.7 Å². The SMILES string of the molecule is NC(=O)[C@H]1CN(C(=O)c2ccc(-c3ccccc3)cc2)CCN1S(=O)(=O)c1cc(F)c(Oc2ccc(Cl)cc2)c(F)c1. The van der Waals surface area contributed by atoms with Crippen LogP contribution in [0.25, 0.3) is 11.1 Å². The van der Waals surface area contributed by atoms with Crippen LogP contribution in [0.5, 0.6) is 11.5 Å². The van der Waals surface area contributed by atoms with Crippen LogP contribution in [0.15, 0.2) is 95.9 Å². The molecule has 1 fully saturated rings. The van der Waals surface area contributed by atoms with E-state index in [1.165, 1.54) is 29.2 Å². The summed E-state index contributed by atoms with van der Waals surface area (Å²) >= 11 is 5.81. The van der Waals surface area contributed by atoms with Gasteiger partial charge >= 0.3 is 0 Å². The fourth-order valence-corrected chi connectivity index (χ4v) is 6.36. The molecule has 0 aliphatic carbocycles. The molecule has 0 unspecified atom stereocenters. The summed E-state index contributed by atoms with van der Waals surface area (Å²) in [6.07, 6.45) is 0. The molecule has 0 bridgehead atoms. The van der Waals surface area contributed by atoms with E-state index in [4.69, 9.17) is 22.1 Å². The predicted octanol–water partition coefficient (Wildman–Crippen LogP) is 5.08. The monoisotopic (exact) mass is 611 g/mol. The lowest BCUT2D eigenvalue weighted by Crippen LogP contribution is -2.60. The van der Waals surface area contributed by atoms with Crippen molar-refractivity contribution in [2.45, 2.75) is 10.9 Å². The van der Waals surface area contributed by atoms with Crippen molar-refractivity contribution in [3.8, 4) is 22.6 Å². The fourth-order valence-electron chi connectivity index (χ4n) is 4.63. The van der Waals surface area contributed by atoms with Crippen molar-refractivity contribution in [1.82, 2.24) is 9.21 Å². The predicted molar refractivity (Wildman–Crippen MR) is 153 cm³/mol. The lowest BCUT2D eigenvalue weighted by Gasteiger charge is -2.39. The van der Waals surface area contributed by atoms with Crippen molar-refractivity contribution < 1.29 is 31.5 Å². The van der Waals surface area contributed by atoms with Crippen LogP contribution in [0.3, 0.4) is 0 Å². The van der Waals surface area contributed by atoms with Crippen LogP contribution in [0.2, 0.25) is 5.02 Å². The number of hydrogen-bond acceptors (Lipinski definition) is 5. The minimum Gasteiger partial charge on any atom is -0.451 e. The molecule has 0 aromatic heterocycles. The van der Waals surface area contributed by atoms with Crippen LogP contribution in [0, 0.1) is 11.6 Å². The van der Waals surface area contributed by atoms with Gasteiger partial charge in [-0.3, -0.25) is 9.59 Å². The smallest absolute Gasteiger partial charge is 0.253 e. The largest absolute Gasteiger partial charge is 0.451 e. The zero-order chi connectivity index (χ0) is 30.0. The third kappa shape index (κ3) is 5.98. The first kappa shape index (κ1) is 29.2. The number of rotatable bonds is 7. The first-order valence-electron chi connectivity index (χ1n) is 12.7. The lowest BCUT2D eigenvalue weighted by atomic mass is 10.0. The summed E-state index contributed by atoms with van der Waals surface area (Å²) in [5, 5.41) is 0.386. The van der Waals surface area contributed by atoms with Crippen LogP contribution in [0.4, 0.5) is 8.78 Å². The van der Waals surface area contributed by atoms with Gasteiger partial charge in [0.25, 0.3) is 5.91 Å². The second-order valence-corrected chi connectivity index (χ2v) is 11.8. The molecule has 1 aliphatic rings. The van der Waals surface area contributed by atoms with Gasteiger partial charge in [0, 0.05) is 30.2 Å². The molecule has 0 radical (unpaired) electrons. The minimum atomic E-state index is -4.60. The number of amides is 2. The van der Waals surface area contributed by atoms with Gasteiger partial charge in [0.05, 0.1) is 4.90 Å². The topological polar surface area (TPSA) is 110 Å². The molecule has 4 aromatic rings. The molecule has 1 heterocycles. The zero-order valence-electron chi connectivity index (χ0n) is 21.9. The molecule has 12 heteroatoms. The van der Waals surface area contributed by atoms with E-state index in [2.05, 4.69) is 0 Å². The highest BCUT2D eigenvalue weighted by Crippen LogP contribution is 2.32. The number of ether oxygens (including phenoxy) is 1. The molecule has 0 spiro atoms. The average molecular weight is 612 g/mol. The van der Waals surface area contributed by atoms with Gasteiger partial charge in [-0.25, -0.2) is 17.2 Å². The highest BCUT2D eigenvalue weighted by Gasteiger charge is 2.41. The second-order valence-electron chi connectivity index (χ2n) is 9.50. The number of benzene rings is 4. The summed E-state index contributed by atoms with van der Waals surface area (Å²) in [5.41, 5.74) is 7.76. The summed E-state index contributed by atoms with van der Waals surface area (Å²) in [6.45, 7) is -0.738. The summed E-state index contributed by atoms with van der Waals surface area (Å²) in [6, 6.07) is 21.9. The standard InChI is InChI=1S/C30H24ClF2N3O5S/c31-22-10-12-23(13-11-22)41-28-25(32)16-24(17-26(28)33)42(39,40)36-15-14-35(18-27(36)29(34)37)30(38)21-8-6-20(7-9-21)19-4-2-1-3-5-19/h1-13,16-17,27H,14-15,18H2,(H2,34,37)/t27-/m1/s1. The van der Waals surface area contributed by atoms with Crippen LogP contribution >= 0.6 is 11.6 Å². The molecule has 42 heavy (non-hydrogen) atoms. The van der Waals surface area contributed by atoms with Crippen molar-refractivity contribution in [2.24, 2.45) is 5.73 Å². The molecule has 2 amide bonds. The Kier molecular flexibility index (Phi) is 8.26. The molecule has 1 saturated heterocycles. The molecule has 1 aliphatic heterocycles. The molecule has 4 aromatic carbocycles. The molecule has 5 rings (SSSR count). The van der Waals surface area contributed by atoms with Gasteiger partial charge in [0.1, 0.15) is 11.8 Å². The van der Waals surface area contributed by atoms with E-state index in [0.717, 1.165) is 15.4 Å². The van der Waals surface area contributed by atoms with Crippen molar-refractivity contribution in [2.75, 3.05) is 19.6 Å². The van der Waals surface area contributed by atoms with E-state index < -0.39 is 50.2 Å². The van der Waals surface area contributed by atoms with Crippen molar-refractivity contribution >= 4 is 33.4 Å². The Morgan fingerprint density at radius 2 is 1.45 bits per heavy atom. The van der Waals surface area contributed by atoms with Crippen molar-refractivity contribution in [1.29, 1.82) is 0 Å². The lowest BCUT2D eigenvalue weighted by molar-refractivity contribution is -0.122. The maximum Gasteiger partial charge on any atom is 0.253 e. The highest BCUT2D eigenvalue weighted by molar-refractivity contribution is 7.89. The van der Waals surface area contributed by atoms with E-state index in [9.17, 15) is 26.8 Å². The summed E-state index contributed by atoms with van der Waals surface area (Å²) in [5.74, 6) is -4.70. The van der Waals surface area contributed by atoms with E-state index in [0.29, 0.717) is 22.7 Å². The van der Waals surface area contributed by atoms with Gasteiger partial charge < -0.3 is 15.4 Å². The third-order valence-corrected chi connectivity index (χ3v) is 8.94. The van der Waals surface area contributed by atoms with Crippen molar-refractivity contribution in [3.63, 3.8) is 0 Å². The van der Waals surface area contributed by atoms with Gasteiger partial charge in [-0.1, -0.05) is 54.1 Å². The first-order valence-corrected chi connectivity index (χ1v) is 14.5. The molecule has 0 saturated carbocycles. The Balaban J connectivity index is 1.34. The molecule has 1 atom stereocenters. The van der Waals surface area contributed by atoms with E-state index >= 15 is 0 Å². The first-order chi connectivity index (χ1) is 20.0. The van der Waals surface area contributed by atoms with Crippen LogP contribution in [-0.2, 0) is 14.8 Å². The number of primary amides is 1. The minimum absolute atomic E-state index is 0.0784. The molecular weight excluding hydrogens is 588 g/mol. The number of piperazine rings is 1. The second kappa shape index (κ2) is 11.9. The quantitative estimate of drug-likeness (QED) is 0.313. The maximum atomic E-state index is 14.9. The molecule has 8 nitrogen and oxygen atoms in total. The van der Waals surface area contributed by atoms with Crippen LogP contribution in [0.1, 0.15) is 10.4 Å².